The number of carbonyl (C=O) groups is 1. The number of nitrogens with zero attached hydrogens (tertiary/aromatic N) is 2. The highest BCUT2D eigenvalue weighted by molar-refractivity contribution is 5.74. The van der Waals surface area contributed by atoms with Crippen LogP contribution < -0.4 is 10.1 Å². The van der Waals surface area contributed by atoms with Crippen LogP contribution in [0.25, 0.3) is 0 Å². The molecule has 0 aromatic carbocycles. The molecule has 0 spiro atoms. The first-order valence-corrected chi connectivity index (χ1v) is 7.09. The van der Waals surface area contributed by atoms with Crippen molar-refractivity contribution in [3.63, 3.8) is 0 Å². The van der Waals surface area contributed by atoms with Crippen molar-refractivity contribution in [2.24, 2.45) is 0 Å². The van der Waals surface area contributed by atoms with Gasteiger partial charge in [-0.05, 0) is 32.4 Å². The van der Waals surface area contributed by atoms with Gasteiger partial charge in [0.1, 0.15) is 0 Å². The Morgan fingerprint density at radius 2 is 2.38 bits per heavy atom. The lowest BCUT2D eigenvalue weighted by molar-refractivity contribution is -0.117. The molecule has 0 aliphatic carbocycles. The molecule has 1 aliphatic rings. The lowest BCUT2D eigenvalue weighted by Crippen LogP contribution is -2.56. The van der Waals surface area contributed by atoms with Gasteiger partial charge in [0.05, 0.1) is 25.4 Å². The number of nitrogens with one attached hydrogen (secondary N) is 1. The Bertz CT molecular complexity index is 505. The van der Waals surface area contributed by atoms with Crippen LogP contribution in [0.2, 0.25) is 0 Å². The summed E-state index contributed by atoms with van der Waals surface area (Å²) in [6.07, 6.45) is 1.71. The van der Waals surface area contributed by atoms with Crippen molar-refractivity contribution in [2.45, 2.75) is 39.0 Å². The van der Waals surface area contributed by atoms with Gasteiger partial charge in [-0.3, -0.25) is 0 Å². The van der Waals surface area contributed by atoms with E-state index in [1.165, 1.54) is 0 Å². The second-order valence-electron chi connectivity index (χ2n) is 5.93. The van der Waals surface area contributed by atoms with Gasteiger partial charge in [0.25, 0.3) is 0 Å². The Balaban J connectivity index is 1.92. The fourth-order valence-electron chi connectivity index (χ4n) is 2.57. The Labute approximate surface area is 125 Å². The van der Waals surface area contributed by atoms with Crippen LogP contribution >= 0.6 is 0 Å². The molecule has 0 bridgehead atoms. The molecule has 2 amide bonds. The SMILES string of the molecule is COc1cc(CNC(=O)N2CC(C)OC(C)(C)C2)ccn1. The lowest BCUT2D eigenvalue weighted by atomic mass is 10.1. The second-order valence-corrected chi connectivity index (χ2v) is 5.93. The lowest BCUT2D eigenvalue weighted by Gasteiger charge is -2.41. The Morgan fingerprint density at radius 1 is 1.62 bits per heavy atom. The number of aromatic nitrogens is 1. The van der Waals surface area contributed by atoms with Crippen LogP contribution in [0, 0.1) is 0 Å². The maximum Gasteiger partial charge on any atom is 0.317 e. The van der Waals surface area contributed by atoms with E-state index in [0.29, 0.717) is 25.5 Å². The number of amides is 2. The van der Waals surface area contributed by atoms with Gasteiger partial charge in [0.15, 0.2) is 0 Å². The molecule has 116 valence electrons. The number of ether oxygens (including phenoxy) is 2. The average molecular weight is 293 g/mol. The van der Waals surface area contributed by atoms with Gasteiger partial charge in [-0.25, -0.2) is 9.78 Å². The van der Waals surface area contributed by atoms with E-state index in [2.05, 4.69) is 10.3 Å². The number of rotatable bonds is 3. The molecule has 21 heavy (non-hydrogen) atoms. The van der Waals surface area contributed by atoms with Crippen LogP contribution in [0.5, 0.6) is 5.88 Å². The third-order valence-electron chi connectivity index (χ3n) is 3.31. The molecule has 1 aromatic heterocycles. The number of pyridine rings is 1. The first kappa shape index (κ1) is 15.6. The van der Waals surface area contributed by atoms with Crippen LogP contribution in [0.3, 0.4) is 0 Å². The molecule has 2 rings (SSSR count). The maximum absolute atomic E-state index is 12.3. The topological polar surface area (TPSA) is 63.7 Å². The summed E-state index contributed by atoms with van der Waals surface area (Å²) in [4.78, 5) is 18.1. The summed E-state index contributed by atoms with van der Waals surface area (Å²) in [5.41, 5.74) is 0.644. The van der Waals surface area contributed by atoms with E-state index in [1.54, 1.807) is 18.2 Å². The van der Waals surface area contributed by atoms with E-state index in [0.717, 1.165) is 5.56 Å². The molecule has 1 aliphatic heterocycles. The fourth-order valence-corrected chi connectivity index (χ4v) is 2.57. The number of morpholine rings is 1. The van der Waals surface area contributed by atoms with Gasteiger partial charge in [-0.1, -0.05) is 0 Å². The first-order valence-electron chi connectivity index (χ1n) is 7.09. The van der Waals surface area contributed by atoms with E-state index in [1.807, 2.05) is 32.9 Å². The summed E-state index contributed by atoms with van der Waals surface area (Å²) in [6.45, 7) is 7.61. The van der Waals surface area contributed by atoms with E-state index >= 15 is 0 Å². The molecule has 6 heteroatoms. The molecule has 2 heterocycles. The number of hydrogen-bond donors (Lipinski definition) is 1. The normalized spacial score (nSPS) is 21.0. The molecule has 1 atom stereocenters. The second kappa shape index (κ2) is 6.30. The van der Waals surface area contributed by atoms with Crippen LogP contribution in [-0.4, -0.2) is 47.8 Å². The highest BCUT2D eigenvalue weighted by Crippen LogP contribution is 2.20. The predicted molar refractivity (Wildman–Crippen MR) is 79.2 cm³/mol. The Morgan fingerprint density at radius 3 is 3.05 bits per heavy atom. The van der Waals surface area contributed by atoms with Crippen molar-refractivity contribution in [3.05, 3.63) is 23.9 Å². The summed E-state index contributed by atoms with van der Waals surface area (Å²) < 4.78 is 10.9. The third kappa shape index (κ3) is 4.32. The Hall–Kier alpha value is -1.82. The van der Waals surface area contributed by atoms with E-state index in [4.69, 9.17) is 9.47 Å². The zero-order valence-electron chi connectivity index (χ0n) is 13.0. The van der Waals surface area contributed by atoms with Gasteiger partial charge < -0.3 is 19.7 Å². The van der Waals surface area contributed by atoms with Crippen molar-refractivity contribution < 1.29 is 14.3 Å². The molecule has 1 aromatic rings. The van der Waals surface area contributed by atoms with E-state index < -0.39 is 0 Å². The highest BCUT2D eigenvalue weighted by atomic mass is 16.5. The molecule has 0 saturated carbocycles. The van der Waals surface area contributed by atoms with E-state index in [-0.39, 0.29) is 17.7 Å². The molecule has 1 unspecified atom stereocenters. The van der Waals surface area contributed by atoms with Gasteiger partial charge in [0.2, 0.25) is 5.88 Å². The van der Waals surface area contributed by atoms with Crippen molar-refractivity contribution in [3.8, 4) is 5.88 Å². The van der Waals surface area contributed by atoms with Crippen LogP contribution in [-0.2, 0) is 11.3 Å². The first-order chi connectivity index (χ1) is 9.89. The maximum atomic E-state index is 12.3. The molecular formula is C15H23N3O3. The predicted octanol–water partition coefficient (Wildman–Crippen LogP) is 1.80. The zero-order valence-corrected chi connectivity index (χ0v) is 13.0. The van der Waals surface area contributed by atoms with Crippen molar-refractivity contribution in [1.82, 2.24) is 15.2 Å². The van der Waals surface area contributed by atoms with Crippen LogP contribution in [0.4, 0.5) is 4.79 Å². The molecule has 1 saturated heterocycles. The monoisotopic (exact) mass is 293 g/mol. The minimum Gasteiger partial charge on any atom is -0.481 e. The number of hydrogen-bond acceptors (Lipinski definition) is 4. The summed E-state index contributed by atoms with van der Waals surface area (Å²) in [5.74, 6) is 0.544. The summed E-state index contributed by atoms with van der Waals surface area (Å²) >= 11 is 0. The number of urea groups is 1. The average Bonchev–Trinajstić information content (AvgIpc) is 2.42. The third-order valence-corrected chi connectivity index (χ3v) is 3.31. The van der Waals surface area contributed by atoms with Crippen LogP contribution in [0.1, 0.15) is 26.3 Å². The largest absolute Gasteiger partial charge is 0.481 e. The smallest absolute Gasteiger partial charge is 0.317 e. The molecular weight excluding hydrogens is 270 g/mol. The zero-order chi connectivity index (χ0) is 15.5. The Kier molecular flexibility index (Phi) is 4.67. The standard InChI is InChI=1S/C15H23N3O3/c1-11-9-18(10-15(2,3)21-11)14(19)17-8-12-5-6-16-13(7-12)20-4/h5-7,11H,8-10H2,1-4H3,(H,17,19). The summed E-state index contributed by atoms with van der Waals surface area (Å²) in [7, 11) is 1.57. The summed E-state index contributed by atoms with van der Waals surface area (Å²) in [5, 5.41) is 2.93. The quantitative estimate of drug-likeness (QED) is 0.923. The van der Waals surface area contributed by atoms with Gasteiger partial charge in [-0.2, -0.15) is 0 Å². The van der Waals surface area contributed by atoms with Crippen molar-refractivity contribution >= 4 is 6.03 Å². The van der Waals surface area contributed by atoms with Gasteiger partial charge in [0, 0.05) is 25.4 Å². The molecule has 1 fully saturated rings. The molecule has 0 radical (unpaired) electrons. The number of carbonyl (C=O) groups excluding carboxylic acids is 1. The van der Waals surface area contributed by atoms with Crippen molar-refractivity contribution in [1.29, 1.82) is 0 Å². The van der Waals surface area contributed by atoms with Gasteiger partial charge >= 0.3 is 6.03 Å². The summed E-state index contributed by atoms with van der Waals surface area (Å²) in [6, 6.07) is 3.59. The van der Waals surface area contributed by atoms with Gasteiger partial charge in [-0.15, -0.1) is 0 Å². The number of methoxy groups -OCH3 is 1. The highest BCUT2D eigenvalue weighted by Gasteiger charge is 2.33. The molecule has 6 nitrogen and oxygen atoms in total. The fraction of sp³-hybridized carbons (Fsp3) is 0.600. The van der Waals surface area contributed by atoms with Crippen LogP contribution in [0.15, 0.2) is 18.3 Å². The minimum absolute atomic E-state index is 0.0421. The van der Waals surface area contributed by atoms with E-state index in [9.17, 15) is 4.79 Å². The minimum atomic E-state index is -0.311. The molecule has 1 N–H and O–H groups in total. The van der Waals surface area contributed by atoms with Crippen molar-refractivity contribution in [2.75, 3.05) is 20.2 Å².